The zero-order valence-electron chi connectivity index (χ0n) is 22.2. The van der Waals surface area contributed by atoms with Crippen LogP contribution in [0.1, 0.15) is 49.2 Å². The number of fused-ring (bicyclic) bond motifs is 1. The molecule has 12 heteroatoms. The van der Waals surface area contributed by atoms with Crippen molar-refractivity contribution in [3.63, 3.8) is 0 Å². The minimum absolute atomic E-state index is 0.194. The number of aromatic nitrogens is 2. The fourth-order valence-electron chi connectivity index (χ4n) is 4.61. The van der Waals surface area contributed by atoms with Gasteiger partial charge in [-0.1, -0.05) is 12.1 Å². The molecule has 1 saturated carbocycles. The highest BCUT2D eigenvalue weighted by Gasteiger charge is 2.32. The lowest BCUT2D eigenvalue weighted by atomic mass is 9.86. The van der Waals surface area contributed by atoms with Crippen LogP contribution in [0.2, 0.25) is 0 Å². The van der Waals surface area contributed by atoms with Crippen molar-refractivity contribution in [2.75, 3.05) is 37.1 Å². The molecular weight excluding hydrogens is 653 g/mol. The van der Waals surface area contributed by atoms with E-state index in [2.05, 4.69) is 10.6 Å². The van der Waals surface area contributed by atoms with E-state index < -0.39 is 15.1 Å². The van der Waals surface area contributed by atoms with Gasteiger partial charge in [-0.25, -0.2) is 13.4 Å². The molecule has 0 aliphatic heterocycles. The predicted molar refractivity (Wildman–Crippen MR) is 167 cm³/mol. The van der Waals surface area contributed by atoms with Gasteiger partial charge >= 0.3 is 0 Å². The normalized spacial score (nSPS) is 18.1. The van der Waals surface area contributed by atoms with Crippen LogP contribution in [0.3, 0.4) is 0 Å². The van der Waals surface area contributed by atoms with Crippen molar-refractivity contribution in [3.05, 3.63) is 32.7 Å². The molecule has 0 spiro atoms. The SMILES string of the molecule is CSc1sc(C(=O)NCC2CCC(Nc3nc(N(C)C)c4ccccc4n3)CC2)c(I)c1S(=O)(=O)C(C)C. The van der Waals surface area contributed by atoms with Gasteiger partial charge < -0.3 is 15.5 Å². The molecule has 0 atom stereocenters. The number of nitrogens with one attached hydrogen (secondary N) is 2. The number of amides is 1. The number of anilines is 2. The lowest BCUT2D eigenvalue weighted by molar-refractivity contribution is 0.0946. The van der Waals surface area contributed by atoms with Crippen molar-refractivity contribution in [2.45, 2.75) is 59.9 Å². The van der Waals surface area contributed by atoms with E-state index in [1.165, 1.54) is 23.1 Å². The Morgan fingerprint density at radius 2 is 1.87 bits per heavy atom. The van der Waals surface area contributed by atoms with Gasteiger partial charge in [0.05, 0.1) is 18.5 Å². The molecule has 8 nitrogen and oxygen atoms in total. The van der Waals surface area contributed by atoms with E-state index in [9.17, 15) is 13.2 Å². The first-order valence-corrected chi connectivity index (χ1v) is 17.3. The molecule has 0 radical (unpaired) electrons. The molecule has 0 saturated heterocycles. The van der Waals surface area contributed by atoms with Crippen molar-refractivity contribution in [3.8, 4) is 0 Å². The van der Waals surface area contributed by atoms with Crippen molar-refractivity contribution in [1.29, 1.82) is 0 Å². The molecule has 2 N–H and O–H groups in total. The Balaban J connectivity index is 1.35. The Labute approximate surface area is 246 Å². The summed E-state index contributed by atoms with van der Waals surface area (Å²) in [6.07, 6.45) is 5.75. The third-order valence-corrected chi connectivity index (χ3v) is 13.4. The maximum atomic E-state index is 13.0. The average molecular weight is 688 g/mol. The van der Waals surface area contributed by atoms with Crippen LogP contribution in [0.25, 0.3) is 10.9 Å². The van der Waals surface area contributed by atoms with E-state index in [-0.39, 0.29) is 11.9 Å². The molecule has 1 aliphatic carbocycles. The molecule has 1 aliphatic rings. The lowest BCUT2D eigenvalue weighted by Gasteiger charge is -2.29. The standard InChI is InChI=1S/C26H34IN5O3S3/c1-15(2)38(34,35)22-20(27)21(37-25(22)36-5)24(33)28-14-16-10-12-17(13-11-16)29-26-30-19-9-7-6-8-18(19)23(31-26)32(3)4/h6-9,15-17H,10-14H2,1-5H3,(H,28,33)(H,29,30,31). The first-order chi connectivity index (χ1) is 18.0. The molecule has 1 aromatic carbocycles. The Bertz CT molecular complexity index is 1420. The maximum Gasteiger partial charge on any atom is 0.262 e. The summed E-state index contributed by atoms with van der Waals surface area (Å²) in [5.74, 6) is 1.73. The number of nitrogens with zero attached hydrogens (tertiary/aromatic N) is 3. The summed E-state index contributed by atoms with van der Waals surface area (Å²) in [6, 6.07) is 8.31. The van der Waals surface area contributed by atoms with Gasteiger partial charge in [-0.3, -0.25) is 4.79 Å². The smallest absolute Gasteiger partial charge is 0.262 e. The third kappa shape index (κ3) is 6.23. The quantitative estimate of drug-likeness (QED) is 0.219. The first-order valence-electron chi connectivity index (χ1n) is 12.6. The summed E-state index contributed by atoms with van der Waals surface area (Å²) in [6.45, 7) is 3.93. The number of hydrogen-bond donors (Lipinski definition) is 2. The van der Waals surface area contributed by atoms with Crippen LogP contribution in [0, 0.1) is 9.49 Å². The monoisotopic (exact) mass is 687 g/mol. The third-order valence-electron chi connectivity index (χ3n) is 6.81. The zero-order chi connectivity index (χ0) is 27.6. The highest BCUT2D eigenvalue weighted by atomic mass is 127. The van der Waals surface area contributed by atoms with E-state index in [4.69, 9.17) is 9.97 Å². The van der Waals surface area contributed by atoms with Crippen LogP contribution < -0.4 is 15.5 Å². The van der Waals surface area contributed by atoms with Gasteiger partial charge in [-0.2, -0.15) is 4.98 Å². The number of sulfone groups is 1. The summed E-state index contributed by atoms with van der Waals surface area (Å²) in [5, 5.41) is 7.09. The number of hydrogen-bond acceptors (Lipinski definition) is 9. The van der Waals surface area contributed by atoms with Crippen LogP contribution in [-0.2, 0) is 9.84 Å². The number of para-hydroxylation sites is 1. The largest absolute Gasteiger partial charge is 0.362 e. The number of thioether (sulfide) groups is 1. The van der Waals surface area contributed by atoms with Crippen LogP contribution in [-0.4, -0.2) is 62.5 Å². The van der Waals surface area contributed by atoms with E-state index in [1.54, 1.807) is 13.8 Å². The van der Waals surface area contributed by atoms with Crippen LogP contribution >= 0.6 is 45.7 Å². The average Bonchev–Trinajstić information content (AvgIpc) is 3.24. The van der Waals surface area contributed by atoms with E-state index >= 15 is 0 Å². The molecule has 2 aromatic heterocycles. The van der Waals surface area contributed by atoms with Gasteiger partial charge in [0.1, 0.15) is 15.6 Å². The highest BCUT2D eigenvalue weighted by Crippen LogP contribution is 2.40. The van der Waals surface area contributed by atoms with Crippen molar-refractivity contribution in [1.82, 2.24) is 15.3 Å². The van der Waals surface area contributed by atoms with E-state index in [1.807, 2.05) is 72.1 Å². The van der Waals surface area contributed by atoms with Crippen molar-refractivity contribution >= 4 is 84.1 Å². The van der Waals surface area contributed by atoms with Gasteiger partial charge in [0.15, 0.2) is 9.84 Å². The Hall–Kier alpha value is -1.64. The summed E-state index contributed by atoms with van der Waals surface area (Å²) < 4.78 is 27.0. The summed E-state index contributed by atoms with van der Waals surface area (Å²) >= 11 is 4.66. The van der Waals surface area contributed by atoms with Gasteiger partial charge in [-0.05, 0) is 86.4 Å². The topological polar surface area (TPSA) is 104 Å². The molecule has 1 amide bonds. The molecule has 4 rings (SSSR count). The predicted octanol–water partition coefficient (Wildman–Crippen LogP) is 5.67. The maximum absolute atomic E-state index is 13.0. The van der Waals surface area contributed by atoms with Gasteiger partial charge in [0.2, 0.25) is 5.95 Å². The molecule has 3 aromatic rings. The molecular formula is C26H34IN5O3S3. The number of halogens is 1. The number of benzene rings is 1. The van der Waals surface area contributed by atoms with Gasteiger partial charge in [-0.15, -0.1) is 23.1 Å². The van der Waals surface area contributed by atoms with Crippen molar-refractivity contribution < 1.29 is 13.2 Å². The summed E-state index contributed by atoms with van der Waals surface area (Å²) in [5.41, 5.74) is 0.919. The number of thiophene rings is 1. The summed E-state index contributed by atoms with van der Waals surface area (Å²) in [7, 11) is 0.507. The molecule has 2 heterocycles. The number of rotatable bonds is 9. The first kappa shape index (κ1) is 29.3. The Kier molecular flexibility index (Phi) is 9.47. The van der Waals surface area contributed by atoms with Gasteiger partial charge in [0, 0.05) is 32.1 Å². The molecule has 206 valence electrons. The zero-order valence-corrected chi connectivity index (χ0v) is 26.9. The summed E-state index contributed by atoms with van der Waals surface area (Å²) in [4.78, 5) is 25.3. The molecule has 38 heavy (non-hydrogen) atoms. The minimum Gasteiger partial charge on any atom is -0.362 e. The Morgan fingerprint density at radius 1 is 1.18 bits per heavy atom. The van der Waals surface area contributed by atoms with Crippen LogP contribution in [0.15, 0.2) is 33.4 Å². The molecule has 0 bridgehead atoms. The Morgan fingerprint density at radius 3 is 2.50 bits per heavy atom. The van der Waals surface area contributed by atoms with E-state index in [0.717, 1.165) is 42.4 Å². The van der Waals surface area contributed by atoms with Crippen LogP contribution in [0.4, 0.5) is 11.8 Å². The lowest BCUT2D eigenvalue weighted by Crippen LogP contribution is -2.34. The van der Waals surface area contributed by atoms with Gasteiger partial charge in [0.25, 0.3) is 5.91 Å². The highest BCUT2D eigenvalue weighted by molar-refractivity contribution is 14.1. The molecule has 1 fully saturated rings. The number of carbonyl (C=O) groups is 1. The second kappa shape index (κ2) is 12.3. The second-order valence-electron chi connectivity index (χ2n) is 10.0. The molecule has 0 unspecified atom stereocenters. The van der Waals surface area contributed by atoms with E-state index in [0.29, 0.717) is 36.0 Å². The fraction of sp³-hybridized carbons (Fsp3) is 0.500. The fourth-order valence-corrected chi connectivity index (χ4v) is 10.5. The number of carbonyl (C=O) groups excluding carboxylic acids is 1. The minimum atomic E-state index is -3.47. The van der Waals surface area contributed by atoms with Crippen molar-refractivity contribution in [2.24, 2.45) is 5.92 Å². The van der Waals surface area contributed by atoms with Crippen LogP contribution in [0.5, 0.6) is 0 Å². The second-order valence-corrected chi connectivity index (χ2v) is 15.6.